The molecule has 0 aliphatic carbocycles. The number of likely N-dealkylation sites (tertiary alicyclic amines) is 1. The van der Waals surface area contributed by atoms with Crippen molar-refractivity contribution in [3.05, 3.63) is 59.2 Å². The zero-order valence-corrected chi connectivity index (χ0v) is 22.6. The first-order valence-corrected chi connectivity index (χ1v) is 13.6. The van der Waals surface area contributed by atoms with E-state index in [9.17, 15) is 14.7 Å². The third-order valence-electron chi connectivity index (χ3n) is 7.12. The van der Waals surface area contributed by atoms with Gasteiger partial charge in [0, 0.05) is 18.7 Å². The quantitative estimate of drug-likeness (QED) is 0.186. The number of hydrogen-bond acceptors (Lipinski definition) is 7. The molecule has 1 N–H and O–H groups in total. The highest BCUT2D eigenvalue weighted by atomic mass is 16.6. The molecule has 1 atom stereocenters. The lowest BCUT2D eigenvalue weighted by Crippen LogP contribution is -2.38. The Morgan fingerprint density at radius 2 is 1.71 bits per heavy atom. The number of likely N-dealkylation sites (N-methyl/N-ethyl adjacent to an activating group) is 1. The van der Waals surface area contributed by atoms with Crippen LogP contribution in [-0.2, 0) is 9.59 Å². The van der Waals surface area contributed by atoms with E-state index in [-0.39, 0.29) is 11.3 Å². The topological polar surface area (TPSA) is 88.5 Å². The van der Waals surface area contributed by atoms with Crippen molar-refractivity contribution < 1.29 is 28.9 Å². The third kappa shape index (κ3) is 5.96. The molecule has 2 aliphatic heterocycles. The standard InChI is InChI=1S/C30H38N2O6/c1-4-7-8-17-36-23-12-9-21(10-13-23)27-26(29(34)30(35)32(27)16-15-31(5-2)6-3)28(33)22-11-14-24-25(20-22)38-19-18-37-24/h9-14,20,27,33H,4-8,15-19H2,1-3H3. The van der Waals surface area contributed by atoms with Gasteiger partial charge in [-0.3, -0.25) is 9.59 Å². The highest BCUT2D eigenvalue weighted by Gasteiger charge is 2.46. The molecular formula is C30H38N2O6. The number of carbonyl (C=O) groups is 2. The number of nitrogens with zero attached hydrogens (tertiary/aromatic N) is 2. The molecule has 1 saturated heterocycles. The van der Waals surface area contributed by atoms with E-state index >= 15 is 0 Å². The van der Waals surface area contributed by atoms with Crippen molar-refractivity contribution in [2.75, 3.05) is 46.0 Å². The highest BCUT2D eigenvalue weighted by Crippen LogP contribution is 2.41. The van der Waals surface area contributed by atoms with Crippen LogP contribution < -0.4 is 14.2 Å². The van der Waals surface area contributed by atoms with Crippen LogP contribution in [0.25, 0.3) is 5.76 Å². The molecule has 8 nitrogen and oxygen atoms in total. The maximum atomic E-state index is 13.4. The number of ketones is 1. The van der Waals surface area contributed by atoms with Gasteiger partial charge in [0.05, 0.1) is 18.2 Å². The fraction of sp³-hybridized carbons (Fsp3) is 0.467. The van der Waals surface area contributed by atoms with Gasteiger partial charge in [0.15, 0.2) is 11.5 Å². The number of benzene rings is 2. The number of hydrogen-bond donors (Lipinski definition) is 1. The fourth-order valence-corrected chi connectivity index (χ4v) is 4.88. The number of fused-ring (bicyclic) bond motifs is 1. The number of carbonyl (C=O) groups excluding carboxylic acids is 2. The van der Waals surface area contributed by atoms with E-state index in [4.69, 9.17) is 14.2 Å². The van der Waals surface area contributed by atoms with Gasteiger partial charge in [0.25, 0.3) is 11.7 Å². The summed E-state index contributed by atoms with van der Waals surface area (Å²) in [6.07, 6.45) is 3.22. The Kier molecular flexibility index (Phi) is 9.29. The fourth-order valence-electron chi connectivity index (χ4n) is 4.88. The Labute approximate surface area is 224 Å². The van der Waals surface area contributed by atoms with Crippen LogP contribution in [0.15, 0.2) is 48.0 Å². The van der Waals surface area contributed by atoms with Gasteiger partial charge in [-0.2, -0.15) is 0 Å². The van der Waals surface area contributed by atoms with Crippen molar-refractivity contribution in [2.45, 2.75) is 46.1 Å². The van der Waals surface area contributed by atoms with Crippen LogP contribution in [-0.4, -0.2) is 72.6 Å². The lowest BCUT2D eigenvalue weighted by Gasteiger charge is -2.28. The van der Waals surface area contributed by atoms with Crippen molar-refractivity contribution >= 4 is 17.4 Å². The van der Waals surface area contributed by atoms with Gasteiger partial charge in [0.1, 0.15) is 24.7 Å². The molecule has 2 aliphatic rings. The van der Waals surface area contributed by atoms with E-state index in [0.717, 1.165) is 43.7 Å². The molecule has 0 aromatic heterocycles. The van der Waals surface area contributed by atoms with E-state index in [1.807, 2.05) is 24.3 Å². The second kappa shape index (κ2) is 12.8. The summed E-state index contributed by atoms with van der Waals surface area (Å²) in [7, 11) is 0. The van der Waals surface area contributed by atoms with Crippen molar-refractivity contribution in [1.29, 1.82) is 0 Å². The van der Waals surface area contributed by atoms with Crippen LogP contribution in [0.2, 0.25) is 0 Å². The number of ether oxygens (including phenoxy) is 3. The van der Waals surface area contributed by atoms with Crippen molar-refractivity contribution in [1.82, 2.24) is 9.80 Å². The van der Waals surface area contributed by atoms with E-state index in [1.165, 1.54) is 0 Å². The van der Waals surface area contributed by atoms with Crippen LogP contribution in [0.5, 0.6) is 17.2 Å². The van der Waals surface area contributed by atoms with Crippen molar-refractivity contribution in [2.24, 2.45) is 0 Å². The summed E-state index contributed by atoms with van der Waals surface area (Å²) in [5.41, 5.74) is 1.21. The summed E-state index contributed by atoms with van der Waals surface area (Å²) in [5, 5.41) is 11.4. The smallest absolute Gasteiger partial charge is 0.295 e. The third-order valence-corrected chi connectivity index (χ3v) is 7.12. The molecule has 1 unspecified atom stereocenters. The normalized spacial score (nSPS) is 18.3. The van der Waals surface area contributed by atoms with Crippen LogP contribution >= 0.6 is 0 Å². The summed E-state index contributed by atoms with van der Waals surface area (Å²) in [6.45, 7) is 10.4. The van der Waals surface area contributed by atoms with E-state index in [2.05, 4.69) is 25.7 Å². The number of amides is 1. The molecular weight excluding hydrogens is 484 g/mol. The molecule has 0 bridgehead atoms. The minimum absolute atomic E-state index is 0.0721. The first-order chi connectivity index (χ1) is 18.5. The molecule has 1 amide bonds. The Morgan fingerprint density at radius 1 is 1.00 bits per heavy atom. The summed E-state index contributed by atoms with van der Waals surface area (Å²) in [6, 6.07) is 11.8. The van der Waals surface area contributed by atoms with Gasteiger partial charge in [-0.05, 0) is 55.4 Å². The van der Waals surface area contributed by atoms with Gasteiger partial charge in [-0.25, -0.2) is 0 Å². The number of aliphatic hydroxyl groups is 1. The predicted molar refractivity (Wildman–Crippen MR) is 146 cm³/mol. The molecule has 8 heteroatoms. The van der Waals surface area contributed by atoms with Gasteiger partial charge in [0.2, 0.25) is 0 Å². The summed E-state index contributed by atoms with van der Waals surface area (Å²) >= 11 is 0. The van der Waals surface area contributed by atoms with E-state index < -0.39 is 17.7 Å². The molecule has 0 radical (unpaired) electrons. The van der Waals surface area contributed by atoms with Gasteiger partial charge in [-0.1, -0.05) is 45.7 Å². The molecule has 2 aromatic rings. The molecule has 1 fully saturated rings. The number of aliphatic hydroxyl groups excluding tert-OH is 1. The summed E-state index contributed by atoms with van der Waals surface area (Å²) < 4.78 is 17.1. The average Bonchev–Trinajstić information content (AvgIpc) is 3.20. The summed E-state index contributed by atoms with van der Waals surface area (Å²) in [5.74, 6) is 0.283. The van der Waals surface area contributed by atoms with Crippen molar-refractivity contribution in [3.8, 4) is 17.2 Å². The average molecular weight is 523 g/mol. The Bertz CT molecular complexity index is 1160. The highest BCUT2D eigenvalue weighted by molar-refractivity contribution is 6.46. The zero-order chi connectivity index (χ0) is 27.1. The molecule has 204 valence electrons. The van der Waals surface area contributed by atoms with Gasteiger partial charge >= 0.3 is 0 Å². The predicted octanol–water partition coefficient (Wildman–Crippen LogP) is 4.79. The number of rotatable bonds is 12. The second-order valence-electron chi connectivity index (χ2n) is 9.50. The lowest BCUT2D eigenvalue weighted by atomic mass is 9.95. The van der Waals surface area contributed by atoms with Crippen molar-refractivity contribution in [3.63, 3.8) is 0 Å². The molecule has 2 heterocycles. The zero-order valence-electron chi connectivity index (χ0n) is 22.6. The first-order valence-electron chi connectivity index (χ1n) is 13.6. The molecule has 2 aromatic carbocycles. The molecule has 38 heavy (non-hydrogen) atoms. The second-order valence-corrected chi connectivity index (χ2v) is 9.50. The monoisotopic (exact) mass is 522 g/mol. The van der Waals surface area contributed by atoms with E-state index in [1.54, 1.807) is 23.1 Å². The first kappa shape index (κ1) is 27.5. The Morgan fingerprint density at radius 3 is 2.39 bits per heavy atom. The lowest BCUT2D eigenvalue weighted by molar-refractivity contribution is -0.140. The van der Waals surface area contributed by atoms with Crippen LogP contribution in [0.4, 0.5) is 0 Å². The van der Waals surface area contributed by atoms with Crippen LogP contribution in [0, 0.1) is 0 Å². The van der Waals surface area contributed by atoms with E-state index in [0.29, 0.717) is 50.0 Å². The largest absolute Gasteiger partial charge is 0.507 e. The number of unbranched alkanes of at least 4 members (excludes halogenated alkanes) is 2. The Balaban J connectivity index is 1.69. The summed E-state index contributed by atoms with van der Waals surface area (Å²) in [4.78, 5) is 30.4. The van der Waals surface area contributed by atoms with Crippen LogP contribution in [0.1, 0.15) is 57.2 Å². The van der Waals surface area contributed by atoms with Gasteiger partial charge < -0.3 is 29.1 Å². The maximum Gasteiger partial charge on any atom is 0.295 e. The Hall–Kier alpha value is -3.52. The SMILES string of the molecule is CCCCCOc1ccc(C2C(=C(O)c3ccc4c(c3)OCCO4)C(=O)C(=O)N2CCN(CC)CC)cc1. The molecule has 0 saturated carbocycles. The van der Waals surface area contributed by atoms with Crippen LogP contribution in [0.3, 0.4) is 0 Å². The maximum absolute atomic E-state index is 13.4. The molecule has 0 spiro atoms. The number of Topliss-reactive ketones (excluding diaryl/α,β-unsaturated/α-hetero) is 1. The minimum Gasteiger partial charge on any atom is -0.507 e. The minimum atomic E-state index is -0.715. The van der Waals surface area contributed by atoms with Gasteiger partial charge in [-0.15, -0.1) is 0 Å². The molecule has 4 rings (SSSR count).